The fourth-order valence-corrected chi connectivity index (χ4v) is 5.98. The first-order valence-corrected chi connectivity index (χ1v) is 15.1. The molecule has 41 heavy (non-hydrogen) atoms. The van der Waals surface area contributed by atoms with Gasteiger partial charge < -0.3 is 24.8 Å². The van der Waals surface area contributed by atoms with Crippen LogP contribution in [0.3, 0.4) is 0 Å². The van der Waals surface area contributed by atoms with E-state index in [0.717, 1.165) is 65.1 Å². The maximum Gasteiger partial charge on any atom is 0.410 e. The SMILES string of the molecule is CC(C)(C)OC(=O)N1CCN(c2ncc(-c3ncccn3)s2)CC1.c1cnc(-c2cnc(N3CCNCC3)s2)nc1. The maximum atomic E-state index is 12.1. The van der Waals surface area contributed by atoms with Crippen LogP contribution in [0.2, 0.25) is 0 Å². The lowest BCUT2D eigenvalue weighted by atomic mass is 10.2. The third-order valence-electron chi connectivity index (χ3n) is 6.15. The summed E-state index contributed by atoms with van der Waals surface area (Å²) < 4.78 is 5.42. The first-order valence-electron chi connectivity index (χ1n) is 13.5. The lowest BCUT2D eigenvalue weighted by Crippen LogP contribution is -2.50. The van der Waals surface area contributed by atoms with E-state index >= 15 is 0 Å². The van der Waals surface area contributed by atoms with E-state index in [9.17, 15) is 4.79 Å². The first kappa shape index (κ1) is 28.8. The summed E-state index contributed by atoms with van der Waals surface area (Å²) in [7, 11) is 0. The largest absolute Gasteiger partial charge is 0.444 e. The van der Waals surface area contributed by atoms with E-state index in [2.05, 4.69) is 45.0 Å². The van der Waals surface area contributed by atoms with Crippen LogP contribution in [0.25, 0.3) is 21.4 Å². The van der Waals surface area contributed by atoms with Gasteiger partial charge in [0, 0.05) is 77.1 Å². The van der Waals surface area contributed by atoms with Gasteiger partial charge in [0.05, 0.1) is 22.1 Å². The number of nitrogens with one attached hydrogen (secondary N) is 1. The molecule has 1 N–H and O–H groups in total. The quantitative estimate of drug-likeness (QED) is 0.372. The van der Waals surface area contributed by atoms with Gasteiger partial charge >= 0.3 is 6.09 Å². The molecule has 6 heterocycles. The molecule has 0 aromatic carbocycles. The number of hydrogen-bond donors (Lipinski definition) is 1. The van der Waals surface area contributed by atoms with Crippen LogP contribution in [0.4, 0.5) is 15.1 Å². The van der Waals surface area contributed by atoms with Crippen LogP contribution in [-0.2, 0) is 4.74 Å². The van der Waals surface area contributed by atoms with Crippen molar-refractivity contribution in [2.75, 3.05) is 62.2 Å². The number of ether oxygens (including phenoxy) is 1. The van der Waals surface area contributed by atoms with Crippen molar-refractivity contribution in [2.24, 2.45) is 0 Å². The van der Waals surface area contributed by atoms with Crippen LogP contribution >= 0.6 is 22.7 Å². The van der Waals surface area contributed by atoms with Crippen LogP contribution in [0, 0.1) is 0 Å². The van der Waals surface area contributed by atoms with Crippen molar-refractivity contribution < 1.29 is 9.53 Å². The molecule has 0 aliphatic carbocycles. The fourth-order valence-electron chi connectivity index (χ4n) is 4.14. The highest BCUT2D eigenvalue weighted by Crippen LogP contribution is 2.30. The van der Waals surface area contributed by atoms with Gasteiger partial charge in [-0.15, -0.1) is 0 Å². The number of piperazine rings is 2. The molecule has 0 spiro atoms. The minimum atomic E-state index is -0.464. The number of carbonyl (C=O) groups is 1. The zero-order valence-electron chi connectivity index (χ0n) is 23.4. The third kappa shape index (κ3) is 7.93. The Kier molecular flexibility index (Phi) is 9.31. The summed E-state index contributed by atoms with van der Waals surface area (Å²) in [6.45, 7) is 12.5. The molecule has 0 saturated carbocycles. The second kappa shape index (κ2) is 13.3. The van der Waals surface area contributed by atoms with E-state index in [1.165, 1.54) is 0 Å². The first-order chi connectivity index (χ1) is 19.9. The van der Waals surface area contributed by atoms with E-state index in [4.69, 9.17) is 4.74 Å². The van der Waals surface area contributed by atoms with Gasteiger partial charge in [0.2, 0.25) is 0 Å². The van der Waals surface area contributed by atoms with Gasteiger partial charge in [-0.1, -0.05) is 22.7 Å². The Morgan fingerprint density at radius 3 is 1.66 bits per heavy atom. The molecule has 0 atom stereocenters. The lowest BCUT2D eigenvalue weighted by Gasteiger charge is -2.35. The number of aromatic nitrogens is 6. The Balaban J connectivity index is 0.000000174. The summed E-state index contributed by atoms with van der Waals surface area (Å²) in [5, 5.41) is 5.33. The second-order valence-corrected chi connectivity index (χ2v) is 12.4. The second-order valence-electron chi connectivity index (χ2n) is 10.4. The van der Waals surface area contributed by atoms with Gasteiger partial charge in [-0.25, -0.2) is 34.7 Å². The smallest absolute Gasteiger partial charge is 0.410 e. The molecule has 0 radical (unpaired) electrons. The number of thiazole rings is 2. The average molecular weight is 595 g/mol. The molecule has 14 heteroatoms. The Hall–Kier alpha value is -3.75. The fraction of sp³-hybridized carbons (Fsp3) is 0.444. The normalized spacial score (nSPS) is 15.7. The van der Waals surface area contributed by atoms with Gasteiger partial charge in [0.1, 0.15) is 5.60 Å². The monoisotopic (exact) mass is 594 g/mol. The van der Waals surface area contributed by atoms with E-state index < -0.39 is 5.60 Å². The summed E-state index contributed by atoms with van der Waals surface area (Å²) in [4.78, 5) is 46.2. The molecule has 6 rings (SSSR count). The van der Waals surface area contributed by atoms with Crippen LogP contribution in [-0.4, -0.2) is 98.9 Å². The van der Waals surface area contributed by atoms with Crippen molar-refractivity contribution in [2.45, 2.75) is 26.4 Å². The van der Waals surface area contributed by atoms with Gasteiger partial charge in [0.15, 0.2) is 21.9 Å². The maximum absolute atomic E-state index is 12.1. The molecule has 2 aliphatic heterocycles. The predicted octanol–water partition coefficient (Wildman–Crippen LogP) is 3.67. The Bertz CT molecular complexity index is 1380. The number of carbonyl (C=O) groups excluding carboxylic acids is 1. The van der Waals surface area contributed by atoms with E-state index in [-0.39, 0.29) is 6.09 Å². The summed E-state index contributed by atoms with van der Waals surface area (Å²) in [6.07, 6.45) is 10.4. The van der Waals surface area contributed by atoms with E-state index in [0.29, 0.717) is 18.9 Å². The predicted molar refractivity (Wildman–Crippen MR) is 161 cm³/mol. The highest BCUT2D eigenvalue weighted by atomic mass is 32.1. The summed E-state index contributed by atoms with van der Waals surface area (Å²) in [5.74, 6) is 1.44. The van der Waals surface area contributed by atoms with Crippen LogP contribution in [0.5, 0.6) is 0 Å². The molecule has 2 aliphatic rings. The number of anilines is 2. The molecule has 12 nitrogen and oxygen atoms in total. The Morgan fingerprint density at radius 2 is 1.20 bits per heavy atom. The minimum absolute atomic E-state index is 0.250. The van der Waals surface area contributed by atoms with Gasteiger partial charge in [-0.2, -0.15) is 0 Å². The number of hydrogen-bond acceptors (Lipinski definition) is 13. The molecular weight excluding hydrogens is 560 g/mol. The zero-order chi connectivity index (χ0) is 28.7. The molecule has 0 unspecified atom stereocenters. The van der Waals surface area contributed by atoms with E-state index in [1.807, 2.05) is 33.0 Å². The summed E-state index contributed by atoms with van der Waals surface area (Å²) >= 11 is 3.22. The molecule has 0 bridgehead atoms. The summed E-state index contributed by atoms with van der Waals surface area (Å²) in [6, 6.07) is 3.61. The number of rotatable bonds is 4. The summed E-state index contributed by atoms with van der Waals surface area (Å²) in [5.41, 5.74) is -0.464. The molecule has 1 amide bonds. The van der Waals surface area contributed by atoms with Crippen LogP contribution < -0.4 is 15.1 Å². The molecular formula is C27H34N10O2S2. The standard InChI is InChI=1S/C16H21N5O2S.C11H13N5S/c1-16(2,3)23-15(22)21-9-7-20(8-10-21)14-19-11-12(24-14)13-17-5-4-6-18-13;1-2-13-10(14-3-1)9-8-15-11(17-9)16-6-4-12-5-7-16/h4-6,11H,7-10H2,1-3H3;1-3,8,12H,4-7H2. The lowest BCUT2D eigenvalue weighted by molar-refractivity contribution is 0.0240. The van der Waals surface area contributed by atoms with Crippen molar-refractivity contribution in [3.8, 4) is 21.4 Å². The number of nitrogens with zero attached hydrogens (tertiary/aromatic N) is 9. The van der Waals surface area contributed by atoms with Crippen molar-refractivity contribution >= 4 is 39.0 Å². The Morgan fingerprint density at radius 1 is 0.732 bits per heavy atom. The average Bonchev–Trinajstić information content (AvgIpc) is 3.69. The van der Waals surface area contributed by atoms with Crippen molar-refractivity contribution in [3.05, 3.63) is 49.3 Å². The topological polar surface area (TPSA) is 125 Å². The molecule has 216 valence electrons. The molecule has 4 aromatic heterocycles. The van der Waals surface area contributed by atoms with Crippen molar-refractivity contribution in [1.29, 1.82) is 0 Å². The van der Waals surface area contributed by atoms with Crippen LogP contribution in [0.15, 0.2) is 49.3 Å². The van der Waals surface area contributed by atoms with Crippen molar-refractivity contribution in [1.82, 2.24) is 40.1 Å². The van der Waals surface area contributed by atoms with Crippen molar-refractivity contribution in [3.63, 3.8) is 0 Å². The highest BCUT2D eigenvalue weighted by molar-refractivity contribution is 7.19. The van der Waals surface area contributed by atoms with Gasteiger partial charge in [-0.05, 0) is 32.9 Å². The molecule has 2 saturated heterocycles. The number of amides is 1. The van der Waals surface area contributed by atoms with E-state index in [1.54, 1.807) is 64.6 Å². The minimum Gasteiger partial charge on any atom is -0.444 e. The van der Waals surface area contributed by atoms with Gasteiger partial charge in [-0.3, -0.25) is 0 Å². The van der Waals surface area contributed by atoms with Gasteiger partial charge in [0.25, 0.3) is 0 Å². The van der Waals surface area contributed by atoms with Crippen LogP contribution in [0.1, 0.15) is 20.8 Å². The zero-order valence-corrected chi connectivity index (χ0v) is 25.1. The third-order valence-corrected chi connectivity index (χ3v) is 8.26. The Labute approximate surface area is 247 Å². The highest BCUT2D eigenvalue weighted by Gasteiger charge is 2.27. The molecule has 2 fully saturated rings. The molecule has 4 aromatic rings.